The van der Waals surface area contributed by atoms with Crippen molar-refractivity contribution in [2.45, 2.75) is 39.2 Å². The van der Waals surface area contributed by atoms with E-state index < -0.39 is 10.0 Å². The molecule has 20 heavy (non-hydrogen) atoms. The Morgan fingerprint density at radius 2 is 2.15 bits per heavy atom. The highest BCUT2D eigenvalue weighted by Crippen LogP contribution is 2.18. The number of carbonyl (C=O) groups excluding carboxylic acids is 1. The van der Waals surface area contributed by atoms with Crippen LogP contribution in [0.5, 0.6) is 0 Å². The first-order chi connectivity index (χ1) is 9.34. The molecule has 2 unspecified atom stereocenters. The van der Waals surface area contributed by atoms with Gasteiger partial charge in [-0.25, -0.2) is 12.7 Å². The van der Waals surface area contributed by atoms with Crippen LogP contribution in [0.3, 0.4) is 0 Å². The molecule has 7 heteroatoms. The zero-order valence-electron chi connectivity index (χ0n) is 12.7. The van der Waals surface area contributed by atoms with Crippen LogP contribution in [0.15, 0.2) is 0 Å². The molecule has 1 fully saturated rings. The van der Waals surface area contributed by atoms with E-state index in [9.17, 15) is 13.2 Å². The maximum absolute atomic E-state index is 11.7. The third-order valence-electron chi connectivity index (χ3n) is 3.61. The number of sulfonamides is 1. The molecule has 6 nitrogen and oxygen atoms in total. The summed E-state index contributed by atoms with van der Waals surface area (Å²) in [4.78, 5) is 11.7. The Morgan fingerprint density at radius 1 is 1.45 bits per heavy atom. The summed E-state index contributed by atoms with van der Waals surface area (Å²) >= 11 is 0. The Balaban J connectivity index is 2.36. The average Bonchev–Trinajstić information content (AvgIpc) is 2.41. The van der Waals surface area contributed by atoms with E-state index in [2.05, 4.69) is 10.6 Å². The highest BCUT2D eigenvalue weighted by Gasteiger charge is 2.26. The molecule has 1 rings (SSSR count). The summed E-state index contributed by atoms with van der Waals surface area (Å²) in [7, 11) is -3.10. The second kappa shape index (κ2) is 7.95. The van der Waals surface area contributed by atoms with E-state index in [0.717, 1.165) is 19.3 Å². The summed E-state index contributed by atoms with van der Waals surface area (Å²) in [6, 6.07) is -0.241. The molecule has 1 saturated heterocycles. The van der Waals surface area contributed by atoms with Crippen molar-refractivity contribution in [2.75, 3.05) is 32.4 Å². The molecule has 0 spiro atoms. The fourth-order valence-electron chi connectivity index (χ4n) is 2.33. The van der Waals surface area contributed by atoms with Crippen molar-refractivity contribution in [1.29, 1.82) is 0 Å². The van der Waals surface area contributed by atoms with Crippen LogP contribution in [0.1, 0.15) is 33.1 Å². The molecule has 0 aromatic carbocycles. The first-order valence-electron chi connectivity index (χ1n) is 7.30. The van der Waals surface area contributed by atoms with Gasteiger partial charge in [-0.15, -0.1) is 0 Å². The van der Waals surface area contributed by atoms with E-state index in [-0.39, 0.29) is 17.9 Å². The van der Waals surface area contributed by atoms with Gasteiger partial charge < -0.3 is 10.6 Å². The average molecular weight is 305 g/mol. The van der Waals surface area contributed by atoms with Crippen molar-refractivity contribution in [3.63, 3.8) is 0 Å². The Bertz CT molecular complexity index is 411. The fourth-order valence-corrected chi connectivity index (χ4v) is 3.27. The van der Waals surface area contributed by atoms with Gasteiger partial charge in [-0.1, -0.05) is 6.92 Å². The third-order valence-corrected chi connectivity index (χ3v) is 4.88. The lowest BCUT2D eigenvalue weighted by Gasteiger charge is -2.31. The lowest BCUT2D eigenvalue weighted by atomic mass is 9.99. The predicted octanol–water partition coefficient (Wildman–Crippen LogP) is 0.162. The summed E-state index contributed by atoms with van der Waals surface area (Å²) in [6.45, 7) is 6.38. The Labute approximate surface area is 122 Å². The van der Waals surface area contributed by atoms with Crippen molar-refractivity contribution in [3.8, 4) is 0 Å². The van der Waals surface area contributed by atoms with E-state index in [1.54, 1.807) is 0 Å². The standard InChI is InChI=1S/C13H27N3O3S/c1-4-7-14-13(17)11(2)15-9-12-6-5-8-16(10-12)20(3,18)19/h11-12,15H,4-10H2,1-3H3,(H,14,17). The van der Waals surface area contributed by atoms with Gasteiger partial charge in [0.1, 0.15) is 0 Å². The lowest BCUT2D eigenvalue weighted by molar-refractivity contribution is -0.122. The van der Waals surface area contributed by atoms with Crippen molar-refractivity contribution >= 4 is 15.9 Å². The molecule has 0 aromatic heterocycles. The first kappa shape index (κ1) is 17.4. The van der Waals surface area contributed by atoms with Gasteiger partial charge in [0.25, 0.3) is 0 Å². The number of hydrogen-bond acceptors (Lipinski definition) is 4. The predicted molar refractivity (Wildman–Crippen MR) is 79.9 cm³/mol. The van der Waals surface area contributed by atoms with Crippen LogP contribution in [0.2, 0.25) is 0 Å². The molecule has 1 heterocycles. The van der Waals surface area contributed by atoms with Gasteiger partial charge in [-0.05, 0) is 38.6 Å². The van der Waals surface area contributed by atoms with Gasteiger partial charge in [0.15, 0.2) is 0 Å². The summed E-state index contributed by atoms with van der Waals surface area (Å²) in [5.41, 5.74) is 0. The summed E-state index contributed by atoms with van der Waals surface area (Å²) in [6.07, 6.45) is 4.06. The number of hydrogen-bond donors (Lipinski definition) is 2. The maximum Gasteiger partial charge on any atom is 0.236 e. The monoisotopic (exact) mass is 305 g/mol. The van der Waals surface area contributed by atoms with Crippen LogP contribution in [0.25, 0.3) is 0 Å². The molecule has 2 atom stereocenters. The van der Waals surface area contributed by atoms with E-state index >= 15 is 0 Å². The zero-order valence-corrected chi connectivity index (χ0v) is 13.5. The fraction of sp³-hybridized carbons (Fsp3) is 0.923. The smallest absolute Gasteiger partial charge is 0.236 e. The van der Waals surface area contributed by atoms with Gasteiger partial charge in [0.05, 0.1) is 12.3 Å². The van der Waals surface area contributed by atoms with Crippen molar-refractivity contribution in [1.82, 2.24) is 14.9 Å². The molecule has 0 aliphatic carbocycles. The second-order valence-corrected chi connectivity index (χ2v) is 7.53. The summed E-state index contributed by atoms with van der Waals surface area (Å²) < 4.78 is 24.6. The second-order valence-electron chi connectivity index (χ2n) is 5.55. The normalized spacial score (nSPS) is 22.4. The van der Waals surface area contributed by atoms with E-state index in [4.69, 9.17) is 0 Å². The minimum Gasteiger partial charge on any atom is -0.355 e. The van der Waals surface area contributed by atoms with Crippen LogP contribution in [-0.4, -0.2) is 57.1 Å². The molecule has 2 N–H and O–H groups in total. The molecule has 118 valence electrons. The molecule has 0 aromatic rings. The van der Waals surface area contributed by atoms with Crippen LogP contribution in [0, 0.1) is 5.92 Å². The molecule has 0 radical (unpaired) electrons. The summed E-state index contributed by atoms with van der Waals surface area (Å²) in [5.74, 6) is 0.280. The molecule has 1 aliphatic rings. The Morgan fingerprint density at radius 3 is 2.75 bits per heavy atom. The van der Waals surface area contributed by atoms with E-state index in [0.29, 0.717) is 26.2 Å². The Kier molecular flexibility index (Phi) is 6.91. The van der Waals surface area contributed by atoms with Gasteiger partial charge in [-0.3, -0.25) is 4.79 Å². The maximum atomic E-state index is 11.7. The van der Waals surface area contributed by atoms with Crippen molar-refractivity contribution < 1.29 is 13.2 Å². The van der Waals surface area contributed by atoms with Gasteiger partial charge in [-0.2, -0.15) is 0 Å². The molecule has 1 amide bonds. The molecule has 0 saturated carbocycles. The first-order valence-corrected chi connectivity index (χ1v) is 9.15. The molecule has 1 aliphatic heterocycles. The largest absolute Gasteiger partial charge is 0.355 e. The lowest BCUT2D eigenvalue weighted by Crippen LogP contribution is -2.47. The van der Waals surface area contributed by atoms with Crippen molar-refractivity contribution in [3.05, 3.63) is 0 Å². The number of carbonyl (C=O) groups is 1. The van der Waals surface area contributed by atoms with Crippen LogP contribution in [0.4, 0.5) is 0 Å². The Hall–Kier alpha value is -0.660. The zero-order chi connectivity index (χ0) is 15.2. The minimum absolute atomic E-state index is 0.00243. The summed E-state index contributed by atoms with van der Waals surface area (Å²) in [5, 5.41) is 6.04. The van der Waals surface area contributed by atoms with Gasteiger partial charge >= 0.3 is 0 Å². The van der Waals surface area contributed by atoms with Crippen LogP contribution < -0.4 is 10.6 Å². The van der Waals surface area contributed by atoms with Crippen LogP contribution in [-0.2, 0) is 14.8 Å². The molecule has 0 bridgehead atoms. The number of rotatable bonds is 7. The van der Waals surface area contributed by atoms with E-state index in [1.807, 2.05) is 13.8 Å². The van der Waals surface area contributed by atoms with Gasteiger partial charge in [0.2, 0.25) is 15.9 Å². The molecular weight excluding hydrogens is 278 g/mol. The topological polar surface area (TPSA) is 78.5 Å². The minimum atomic E-state index is -3.10. The van der Waals surface area contributed by atoms with Gasteiger partial charge in [0, 0.05) is 19.6 Å². The number of nitrogens with one attached hydrogen (secondary N) is 2. The quantitative estimate of drug-likeness (QED) is 0.702. The van der Waals surface area contributed by atoms with E-state index in [1.165, 1.54) is 10.6 Å². The highest BCUT2D eigenvalue weighted by atomic mass is 32.2. The number of amides is 1. The molecular formula is C13H27N3O3S. The highest BCUT2D eigenvalue weighted by molar-refractivity contribution is 7.88. The SMILES string of the molecule is CCCNC(=O)C(C)NCC1CCCN(S(C)(=O)=O)C1. The number of nitrogens with zero attached hydrogens (tertiary/aromatic N) is 1. The van der Waals surface area contributed by atoms with Crippen molar-refractivity contribution in [2.24, 2.45) is 5.92 Å². The number of piperidine rings is 1. The third kappa shape index (κ3) is 5.76. The van der Waals surface area contributed by atoms with Crippen LogP contribution >= 0.6 is 0 Å².